The first-order valence-corrected chi connectivity index (χ1v) is 9.37. The smallest absolute Gasteiger partial charge is 0.294 e. The van der Waals surface area contributed by atoms with Crippen molar-refractivity contribution in [3.8, 4) is 0 Å². The van der Waals surface area contributed by atoms with Gasteiger partial charge < -0.3 is 25.4 Å². The molecule has 1 heterocycles. The Morgan fingerprint density at radius 3 is 2.37 bits per heavy atom. The Labute approximate surface area is 173 Å². The second kappa shape index (κ2) is 9.19. The number of nitrogens with zero attached hydrogens (tertiary/aromatic N) is 1. The van der Waals surface area contributed by atoms with Crippen molar-refractivity contribution in [2.24, 2.45) is 7.05 Å². The number of aliphatic hydroxyl groups excluding tert-OH is 2. The second-order valence-corrected chi connectivity index (χ2v) is 7.24. The van der Waals surface area contributed by atoms with Crippen molar-refractivity contribution in [3.63, 3.8) is 0 Å². The molecule has 1 aromatic carbocycles. The number of aromatic nitrogens is 1. The maximum absolute atomic E-state index is 13.5. The molecule has 2 rings (SSSR count). The summed E-state index contributed by atoms with van der Waals surface area (Å²) in [7, 11) is 1.56. The van der Waals surface area contributed by atoms with Gasteiger partial charge in [-0.15, -0.1) is 0 Å². The minimum atomic E-state index is -1.05. The Hall–Kier alpha value is -3.04. The molecular formula is C21H26FN3O5. The fourth-order valence-electron chi connectivity index (χ4n) is 3.21. The van der Waals surface area contributed by atoms with Crippen LogP contribution in [0.1, 0.15) is 44.6 Å². The van der Waals surface area contributed by atoms with Gasteiger partial charge in [-0.3, -0.25) is 14.4 Å². The topological polar surface area (TPSA) is 121 Å². The molecule has 4 N–H and O–H groups in total. The van der Waals surface area contributed by atoms with E-state index in [0.29, 0.717) is 22.5 Å². The van der Waals surface area contributed by atoms with E-state index in [-0.39, 0.29) is 11.3 Å². The summed E-state index contributed by atoms with van der Waals surface area (Å²) < 4.78 is 14.9. The molecule has 162 valence electrons. The van der Waals surface area contributed by atoms with Crippen LogP contribution in [0.4, 0.5) is 10.1 Å². The average molecular weight is 419 g/mol. The third kappa shape index (κ3) is 4.58. The number of rotatable bonds is 7. The van der Waals surface area contributed by atoms with E-state index in [2.05, 4.69) is 10.6 Å². The number of aryl methyl sites for hydroxylation is 1. The molecule has 0 bridgehead atoms. The Bertz CT molecular complexity index is 997. The highest BCUT2D eigenvalue weighted by Gasteiger charge is 2.30. The van der Waals surface area contributed by atoms with Crippen molar-refractivity contribution < 1.29 is 29.0 Å². The quantitative estimate of drug-likeness (QED) is 0.399. The van der Waals surface area contributed by atoms with Crippen molar-refractivity contribution in [2.75, 3.05) is 11.9 Å². The largest absolute Gasteiger partial charge is 0.394 e. The van der Waals surface area contributed by atoms with Crippen LogP contribution >= 0.6 is 0 Å². The molecule has 2 amide bonds. The highest BCUT2D eigenvalue weighted by atomic mass is 19.1. The minimum absolute atomic E-state index is 0.0210. The number of nitrogens with one attached hydrogen (secondary N) is 2. The highest BCUT2D eigenvalue weighted by Crippen LogP contribution is 2.24. The maximum Gasteiger partial charge on any atom is 0.294 e. The monoisotopic (exact) mass is 419 g/mol. The predicted octanol–water partition coefficient (Wildman–Crippen LogP) is 1.38. The zero-order valence-electron chi connectivity index (χ0n) is 17.5. The lowest BCUT2D eigenvalue weighted by molar-refractivity contribution is -0.118. The maximum atomic E-state index is 13.5. The van der Waals surface area contributed by atoms with Gasteiger partial charge >= 0.3 is 0 Å². The number of amides is 2. The number of carbonyl (C=O) groups is 3. The van der Waals surface area contributed by atoms with Gasteiger partial charge in [-0.1, -0.05) is 0 Å². The van der Waals surface area contributed by atoms with Gasteiger partial charge in [-0.25, -0.2) is 4.39 Å². The molecule has 2 aromatic rings. The molecule has 0 saturated carbocycles. The minimum Gasteiger partial charge on any atom is -0.394 e. The summed E-state index contributed by atoms with van der Waals surface area (Å²) >= 11 is 0. The lowest BCUT2D eigenvalue weighted by Gasteiger charge is -2.18. The first kappa shape index (κ1) is 23.2. The van der Waals surface area contributed by atoms with Crippen LogP contribution in [-0.4, -0.2) is 51.1 Å². The number of Topliss-reactive ketones (excluding diaryl/α,β-unsaturated/α-hetero) is 1. The van der Waals surface area contributed by atoms with Crippen molar-refractivity contribution in [3.05, 3.63) is 52.1 Å². The lowest BCUT2D eigenvalue weighted by Crippen LogP contribution is -2.47. The van der Waals surface area contributed by atoms with Crippen LogP contribution in [0, 0.1) is 26.6 Å². The molecule has 0 unspecified atom stereocenters. The lowest BCUT2D eigenvalue weighted by atomic mass is 10.1. The van der Waals surface area contributed by atoms with E-state index in [1.54, 1.807) is 27.8 Å². The molecule has 0 spiro atoms. The molecule has 0 aliphatic carbocycles. The van der Waals surface area contributed by atoms with Gasteiger partial charge in [0.15, 0.2) is 0 Å². The summed E-state index contributed by atoms with van der Waals surface area (Å²) in [5, 5.41) is 23.8. The van der Waals surface area contributed by atoms with Gasteiger partial charge in [0.1, 0.15) is 5.82 Å². The molecule has 8 nitrogen and oxygen atoms in total. The zero-order chi connectivity index (χ0) is 22.7. The molecule has 0 fully saturated rings. The van der Waals surface area contributed by atoms with Gasteiger partial charge in [0.05, 0.1) is 30.0 Å². The fourth-order valence-corrected chi connectivity index (χ4v) is 3.21. The number of benzene rings is 1. The van der Waals surface area contributed by atoms with E-state index < -0.39 is 42.2 Å². The van der Waals surface area contributed by atoms with Gasteiger partial charge in [0.2, 0.25) is 0 Å². The number of ketones is 1. The number of halogens is 1. The summed E-state index contributed by atoms with van der Waals surface area (Å²) in [5.41, 5.74) is 1.80. The van der Waals surface area contributed by atoms with Crippen LogP contribution in [0.5, 0.6) is 0 Å². The van der Waals surface area contributed by atoms with Crippen LogP contribution < -0.4 is 10.6 Å². The molecule has 0 aliphatic rings. The van der Waals surface area contributed by atoms with Crippen LogP contribution in [0.25, 0.3) is 0 Å². The van der Waals surface area contributed by atoms with Crippen molar-refractivity contribution in [2.45, 2.75) is 39.8 Å². The van der Waals surface area contributed by atoms with E-state index in [4.69, 9.17) is 0 Å². The second-order valence-electron chi connectivity index (χ2n) is 7.24. The summed E-state index contributed by atoms with van der Waals surface area (Å²) in [5.74, 6) is -2.78. The molecule has 0 aliphatic heterocycles. The summed E-state index contributed by atoms with van der Waals surface area (Å²) in [6, 6.07) is 3.17. The Morgan fingerprint density at radius 2 is 1.83 bits per heavy atom. The first-order chi connectivity index (χ1) is 14.0. The van der Waals surface area contributed by atoms with Crippen molar-refractivity contribution >= 4 is 23.3 Å². The standard InChI is InChI=1S/C21H26FN3O5/c1-10-8-14(6-7-15(10)22)23-20(29)17-11(2)18(25(5)12(17)3)19(28)21(30)24-16(9-26)13(4)27/h6-8,13,16,26-27H,9H2,1-5H3,(H,23,29)(H,24,30)/t13-,16-/m0/s1. The first-order valence-electron chi connectivity index (χ1n) is 9.37. The molecule has 0 saturated heterocycles. The van der Waals surface area contributed by atoms with Gasteiger partial charge in [0.25, 0.3) is 17.6 Å². The summed E-state index contributed by atoms with van der Waals surface area (Å²) in [6.45, 7) is 5.61. The molecule has 2 atom stereocenters. The highest BCUT2D eigenvalue weighted by molar-refractivity contribution is 6.43. The molecular weight excluding hydrogens is 393 g/mol. The fraction of sp³-hybridized carbons (Fsp3) is 0.381. The molecule has 30 heavy (non-hydrogen) atoms. The van der Waals surface area contributed by atoms with Gasteiger partial charge in [-0.05, 0) is 57.0 Å². The van der Waals surface area contributed by atoms with E-state index >= 15 is 0 Å². The molecule has 0 radical (unpaired) electrons. The van der Waals surface area contributed by atoms with Crippen LogP contribution in [0.3, 0.4) is 0 Å². The number of hydrogen-bond donors (Lipinski definition) is 4. The average Bonchev–Trinajstić information content (AvgIpc) is 2.90. The van der Waals surface area contributed by atoms with Crippen LogP contribution in [-0.2, 0) is 11.8 Å². The molecule has 1 aromatic heterocycles. The SMILES string of the molecule is Cc1cc(NC(=O)c2c(C)c(C(=O)C(=O)N[C@@H](CO)[C@H](C)O)n(C)c2C)ccc1F. The Balaban J connectivity index is 2.33. The third-order valence-electron chi connectivity index (χ3n) is 5.09. The van der Waals surface area contributed by atoms with Gasteiger partial charge in [-0.2, -0.15) is 0 Å². The number of anilines is 1. The number of carbonyl (C=O) groups excluding carboxylic acids is 3. The van der Waals surface area contributed by atoms with Gasteiger partial charge in [0, 0.05) is 18.4 Å². The number of aliphatic hydroxyl groups is 2. The Kier molecular flexibility index (Phi) is 7.12. The number of hydrogen-bond acceptors (Lipinski definition) is 5. The van der Waals surface area contributed by atoms with E-state index in [9.17, 15) is 29.0 Å². The Morgan fingerprint density at radius 1 is 1.20 bits per heavy atom. The predicted molar refractivity (Wildman–Crippen MR) is 109 cm³/mol. The van der Waals surface area contributed by atoms with E-state index in [1.165, 1.54) is 29.7 Å². The van der Waals surface area contributed by atoms with E-state index in [1.807, 2.05) is 0 Å². The van der Waals surface area contributed by atoms with Crippen LogP contribution in [0.15, 0.2) is 18.2 Å². The van der Waals surface area contributed by atoms with Crippen LogP contribution in [0.2, 0.25) is 0 Å². The van der Waals surface area contributed by atoms with Crippen molar-refractivity contribution in [1.29, 1.82) is 0 Å². The zero-order valence-corrected chi connectivity index (χ0v) is 17.5. The third-order valence-corrected chi connectivity index (χ3v) is 5.09. The summed E-state index contributed by atoms with van der Waals surface area (Å²) in [6.07, 6.45) is -1.05. The molecule has 9 heteroatoms. The van der Waals surface area contributed by atoms with E-state index in [0.717, 1.165) is 0 Å². The van der Waals surface area contributed by atoms with Crippen molar-refractivity contribution in [1.82, 2.24) is 9.88 Å². The normalized spacial score (nSPS) is 12.9. The summed E-state index contributed by atoms with van der Waals surface area (Å²) in [4.78, 5) is 37.9.